The fraction of sp³-hybridized carbons (Fsp3) is 0.0769. The zero-order valence-electron chi connectivity index (χ0n) is 15.8. The van der Waals surface area contributed by atoms with E-state index in [1.165, 1.54) is 28.1 Å². The molecule has 0 spiro atoms. The molecule has 0 heterocycles. The van der Waals surface area contributed by atoms with Gasteiger partial charge in [0, 0.05) is 0 Å². The van der Waals surface area contributed by atoms with Crippen LogP contribution in [0, 0.1) is 5.92 Å². The normalized spacial score (nSPS) is 17.8. The van der Waals surface area contributed by atoms with Crippen LogP contribution in [0.25, 0.3) is 6.08 Å². The van der Waals surface area contributed by atoms with Gasteiger partial charge in [0.05, 0.1) is 5.92 Å². The molecule has 0 fully saturated rings. The number of allylic oxidation sites excluding steroid dienone is 5. The summed E-state index contributed by atoms with van der Waals surface area (Å²) in [4.78, 5) is 0. The van der Waals surface area contributed by atoms with Gasteiger partial charge in [-0.25, -0.2) is 8.78 Å². The van der Waals surface area contributed by atoms with Gasteiger partial charge in [-0.1, -0.05) is 115 Å². The molecule has 29 heavy (non-hydrogen) atoms. The van der Waals surface area contributed by atoms with Crippen LogP contribution in [-0.2, 0) is 0 Å². The lowest BCUT2D eigenvalue weighted by molar-refractivity contribution is 0.0271. The maximum absolute atomic E-state index is 13.9. The van der Waals surface area contributed by atoms with Crippen LogP contribution in [0.2, 0.25) is 0 Å². The molecule has 1 aliphatic carbocycles. The van der Waals surface area contributed by atoms with E-state index < -0.39 is 19.8 Å². The Morgan fingerprint density at radius 1 is 0.690 bits per heavy atom. The summed E-state index contributed by atoms with van der Waals surface area (Å²) in [6, 6.07) is 29.2. The lowest BCUT2D eigenvalue weighted by Gasteiger charge is -2.20. The average molecular weight is 402 g/mol. The second kappa shape index (κ2) is 8.68. The van der Waals surface area contributed by atoms with Gasteiger partial charge < -0.3 is 0 Å². The molecule has 0 nitrogen and oxygen atoms in total. The molecule has 0 radical (unpaired) electrons. The number of halogens is 2. The minimum Gasteiger partial charge on any atom is -0.201 e. The van der Waals surface area contributed by atoms with Gasteiger partial charge in [-0.05, 0) is 35.5 Å². The van der Waals surface area contributed by atoms with Gasteiger partial charge in [-0.3, -0.25) is 0 Å². The zero-order chi connectivity index (χ0) is 20.1. The predicted octanol–water partition coefficient (Wildman–Crippen LogP) is 5.84. The monoisotopic (exact) mass is 402 g/mol. The highest BCUT2D eigenvalue weighted by Crippen LogP contribution is 2.33. The van der Waals surface area contributed by atoms with Crippen molar-refractivity contribution in [1.29, 1.82) is 0 Å². The topological polar surface area (TPSA) is 0 Å². The average Bonchev–Trinajstić information content (AvgIpc) is 2.75. The quantitative estimate of drug-likeness (QED) is 0.471. The summed E-state index contributed by atoms with van der Waals surface area (Å²) in [7, 11) is -0.660. The highest BCUT2D eigenvalue weighted by Gasteiger charge is 2.34. The number of rotatable bonds is 5. The zero-order valence-corrected chi connectivity index (χ0v) is 16.7. The molecule has 1 atom stereocenters. The first kappa shape index (κ1) is 19.5. The van der Waals surface area contributed by atoms with E-state index in [0.29, 0.717) is 0 Å². The van der Waals surface area contributed by atoms with E-state index in [9.17, 15) is 8.78 Å². The van der Waals surface area contributed by atoms with E-state index in [-0.39, 0.29) is 0 Å². The second-order valence-electron chi connectivity index (χ2n) is 6.90. The molecule has 0 saturated carbocycles. The highest BCUT2D eigenvalue weighted by atomic mass is 31.1. The first-order valence-electron chi connectivity index (χ1n) is 9.56. The molecule has 1 unspecified atom stereocenters. The van der Waals surface area contributed by atoms with Crippen LogP contribution < -0.4 is 15.9 Å². The Bertz CT molecular complexity index is 980. The highest BCUT2D eigenvalue weighted by molar-refractivity contribution is 7.79. The third kappa shape index (κ3) is 4.60. The van der Waals surface area contributed by atoms with Gasteiger partial charge in [-0.2, -0.15) is 0 Å². The molecule has 0 N–H and O–H groups in total. The number of alkyl halides is 2. The summed E-state index contributed by atoms with van der Waals surface area (Å²) in [5.74, 6) is -3.74. The smallest absolute Gasteiger partial charge is 0.201 e. The lowest BCUT2D eigenvalue weighted by Crippen LogP contribution is -2.23. The Morgan fingerprint density at radius 3 is 1.79 bits per heavy atom. The second-order valence-corrected chi connectivity index (χ2v) is 9.12. The molecule has 0 saturated heterocycles. The molecule has 144 valence electrons. The van der Waals surface area contributed by atoms with Crippen molar-refractivity contribution in [3.63, 3.8) is 0 Å². The molecular weight excluding hydrogens is 381 g/mol. The molecule has 1 aliphatic rings. The summed E-state index contributed by atoms with van der Waals surface area (Å²) in [5.41, 5.74) is 0.920. The van der Waals surface area contributed by atoms with Crippen LogP contribution in [0.4, 0.5) is 8.78 Å². The third-order valence-corrected chi connectivity index (χ3v) is 7.31. The van der Waals surface area contributed by atoms with Crippen molar-refractivity contribution in [1.82, 2.24) is 0 Å². The first-order chi connectivity index (χ1) is 14.1. The fourth-order valence-corrected chi connectivity index (χ4v) is 5.63. The van der Waals surface area contributed by atoms with E-state index in [1.54, 1.807) is 18.2 Å². The molecule has 3 heteroatoms. The predicted molar refractivity (Wildman–Crippen MR) is 121 cm³/mol. The summed E-state index contributed by atoms with van der Waals surface area (Å²) < 4.78 is 27.9. The van der Waals surface area contributed by atoms with Gasteiger partial charge in [-0.15, -0.1) is 0 Å². The molecule has 0 bridgehead atoms. The number of benzene rings is 3. The van der Waals surface area contributed by atoms with Crippen LogP contribution in [0.3, 0.4) is 0 Å². The molecule has 4 rings (SSSR count). The minimum absolute atomic E-state index is 0.660. The van der Waals surface area contributed by atoms with E-state index in [4.69, 9.17) is 0 Å². The third-order valence-electron chi connectivity index (χ3n) is 4.87. The van der Waals surface area contributed by atoms with E-state index in [0.717, 1.165) is 11.6 Å². The van der Waals surface area contributed by atoms with Crippen molar-refractivity contribution >= 4 is 29.9 Å². The Morgan fingerprint density at radius 2 is 1.24 bits per heavy atom. The SMILES string of the molecule is FC1(F)C=CC=CC1C=Cc1ccc(P(c2ccccc2)c2ccccc2)cc1. The minimum atomic E-state index is -2.83. The van der Waals surface area contributed by atoms with E-state index >= 15 is 0 Å². The molecule has 3 aromatic rings. The summed E-state index contributed by atoms with van der Waals surface area (Å²) >= 11 is 0. The summed E-state index contributed by atoms with van der Waals surface area (Å²) in [6.45, 7) is 0. The van der Waals surface area contributed by atoms with Gasteiger partial charge in [0.2, 0.25) is 0 Å². The van der Waals surface area contributed by atoms with Crippen molar-refractivity contribution < 1.29 is 8.78 Å². The maximum Gasteiger partial charge on any atom is 0.276 e. The molecule has 0 amide bonds. The Balaban J connectivity index is 1.61. The van der Waals surface area contributed by atoms with Crippen LogP contribution in [0.1, 0.15) is 5.56 Å². The molecule has 0 aromatic heterocycles. The Hall–Kier alpha value is -2.83. The Labute approximate surface area is 171 Å². The van der Waals surface area contributed by atoms with E-state index in [1.807, 2.05) is 24.3 Å². The molecule has 0 aliphatic heterocycles. The first-order valence-corrected chi connectivity index (χ1v) is 10.9. The van der Waals surface area contributed by atoms with Gasteiger partial charge in [0.1, 0.15) is 0 Å². The fourth-order valence-electron chi connectivity index (χ4n) is 3.35. The van der Waals surface area contributed by atoms with Crippen molar-refractivity contribution in [2.45, 2.75) is 5.92 Å². The molecule has 3 aromatic carbocycles. The van der Waals surface area contributed by atoms with Crippen LogP contribution in [0.5, 0.6) is 0 Å². The molecular formula is C26H21F2P. The van der Waals surface area contributed by atoms with Crippen LogP contribution in [0.15, 0.2) is 115 Å². The van der Waals surface area contributed by atoms with Gasteiger partial charge in [0.15, 0.2) is 0 Å². The van der Waals surface area contributed by atoms with Crippen molar-refractivity contribution in [3.05, 3.63) is 121 Å². The van der Waals surface area contributed by atoms with Crippen molar-refractivity contribution in [2.24, 2.45) is 5.92 Å². The Kier molecular flexibility index (Phi) is 5.83. The summed E-state index contributed by atoms with van der Waals surface area (Å²) in [5, 5.41) is 3.81. The lowest BCUT2D eigenvalue weighted by atomic mass is 9.95. The van der Waals surface area contributed by atoms with Crippen LogP contribution in [-0.4, -0.2) is 5.92 Å². The maximum atomic E-state index is 13.9. The summed E-state index contributed by atoms with van der Waals surface area (Å²) in [6.07, 6.45) is 8.91. The largest absolute Gasteiger partial charge is 0.276 e. The van der Waals surface area contributed by atoms with Gasteiger partial charge >= 0.3 is 0 Å². The standard InChI is InChI=1S/C26H21F2P/c27-26(28)20-8-7-9-22(26)17-14-21-15-18-25(19-16-21)29(23-10-3-1-4-11-23)24-12-5-2-6-13-24/h1-20,22H. The van der Waals surface area contributed by atoms with Crippen molar-refractivity contribution in [2.75, 3.05) is 0 Å². The van der Waals surface area contributed by atoms with Crippen molar-refractivity contribution in [3.8, 4) is 0 Å². The van der Waals surface area contributed by atoms with E-state index in [2.05, 4.69) is 60.7 Å². The van der Waals surface area contributed by atoms with Gasteiger partial charge in [0.25, 0.3) is 5.92 Å². The number of hydrogen-bond acceptors (Lipinski definition) is 0. The van der Waals surface area contributed by atoms with Crippen LogP contribution >= 0.6 is 7.92 Å². The number of hydrogen-bond donors (Lipinski definition) is 0.